The first-order chi connectivity index (χ1) is 13.2. The van der Waals surface area contributed by atoms with Gasteiger partial charge in [0.2, 0.25) is 4.80 Å². The van der Waals surface area contributed by atoms with E-state index in [2.05, 4.69) is 10.1 Å². The molecule has 0 bridgehead atoms. The van der Waals surface area contributed by atoms with Crippen LogP contribution in [0.4, 0.5) is 0 Å². The van der Waals surface area contributed by atoms with Crippen LogP contribution in [0.2, 0.25) is 0 Å². The minimum atomic E-state index is 0.660. The predicted octanol–water partition coefficient (Wildman–Crippen LogP) is 3.66. The van der Waals surface area contributed by atoms with Crippen molar-refractivity contribution in [1.82, 2.24) is 4.68 Å². The van der Waals surface area contributed by atoms with Crippen LogP contribution < -0.4 is 19.0 Å². The number of ether oxygens (including phenoxy) is 3. The first-order valence-corrected chi connectivity index (χ1v) is 9.12. The summed E-state index contributed by atoms with van der Waals surface area (Å²) >= 11 is 1.54. The lowest BCUT2D eigenvalue weighted by molar-refractivity contribution is 0.355. The lowest BCUT2D eigenvalue weighted by Crippen LogP contribution is -2.11. The van der Waals surface area contributed by atoms with Gasteiger partial charge >= 0.3 is 0 Å². The van der Waals surface area contributed by atoms with E-state index in [4.69, 9.17) is 14.2 Å². The largest absolute Gasteiger partial charge is 0.497 e. The molecular formula is C20H21N3O3S. The van der Waals surface area contributed by atoms with Gasteiger partial charge in [-0.15, -0.1) is 11.3 Å². The molecule has 1 heterocycles. The first-order valence-electron chi connectivity index (χ1n) is 8.24. The molecule has 0 radical (unpaired) electrons. The monoisotopic (exact) mass is 383 g/mol. The van der Waals surface area contributed by atoms with Crippen LogP contribution in [0, 0.1) is 0 Å². The predicted molar refractivity (Wildman–Crippen MR) is 108 cm³/mol. The summed E-state index contributed by atoms with van der Waals surface area (Å²) in [6.07, 6.45) is 1.77. The van der Waals surface area contributed by atoms with Gasteiger partial charge in [0, 0.05) is 18.0 Å². The molecule has 3 aromatic rings. The van der Waals surface area contributed by atoms with E-state index < -0.39 is 0 Å². The van der Waals surface area contributed by atoms with Crippen LogP contribution in [0.1, 0.15) is 5.56 Å². The summed E-state index contributed by atoms with van der Waals surface area (Å²) in [4.78, 5) is 5.13. The maximum Gasteiger partial charge on any atom is 0.205 e. The van der Waals surface area contributed by atoms with Crippen LogP contribution in [0.3, 0.4) is 0 Å². The normalized spacial score (nSPS) is 11.8. The van der Waals surface area contributed by atoms with Gasteiger partial charge in [0.25, 0.3) is 0 Å². The third kappa shape index (κ3) is 4.03. The zero-order chi connectivity index (χ0) is 19.2. The van der Waals surface area contributed by atoms with Crippen molar-refractivity contribution in [3.63, 3.8) is 0 Å². The van der Waals surface area contributed by atoms with E-state index >= 15 is 0 Å². The summed E-state index contributed by atoms with van der Waals surface area (Å²) in [7, 11) is 6.64. The van der Waals surface area contributed by atoms with Crippen molar-refractivity contribution in [2.24, 2.45) is 10.1 Å². The van der Waals surface area contributed by atoms with Crippen molar-refractivity contribution in [2.45, 2.75) is 0 Å². The van der Waals surface area contributed by atoms with Gasteiger partial charge in [-0.25, -0.2) is 4.68 Å². The number of benzene rings is 2. The van der Waals surface area contributed by atoms with Gasteiger partial charge in [-0.05, 0) is 48.0 Å². The fourth-order valence-corrected chi connectivity index (χ4v) is 3.38. The van der Waals surface area contributed by atoms with Crippen LogP contribution >= 0.6 is 11.3 Å². The van der Waals surface area contributed by atoms with Gasteiger partial charge < -0.3 is 14.2 Å². The van der Waals surface area contributed by atoms with E-state index in [0.717, 1.165) is 27.4 Å². The topological polar surface area (TPSA) is 57.3 Å². The van der Waals surface area contributed by atoms with E-state index in [0.29, 0.717) is 11.5 Å². The van der Waals surface area contributed by atoms with E-state index in [1.807, 2.05) is 52.5 Å². The lowest BCUT2D eigenvalue weighted by Gasteiger charge is -2.08. The van der Waals surface area contributed by atoms with Gasteiger partial charge in [0.1, 0.15) is 5.75 Å². The van der Waals surface area contributed by atoms with Crippen molar-refractivity contribution in [2.75, 3.05) is 28.4 Å². The summed E-state index contributed by atoms with van der Waals surface area (Å²) in [6, 6.07) is 13.5. The lowest BCUT2D eigenvalue weighted by atomic mass is 10.2. The maximum atomic E-state index is 5.35. The molecule has 27 heavy (non-hydrogen) atoms. The number of hydrogen-bond acceptors (Lipinski definition) is 6. The molecule has 0 saturated heterocycles. The SMILES string of the molecule is CN=c1scc(-c2ccc(OC)cc2)n1N=Cc1ccc(OC)c(OC)c1. The fourth-order valence-electron chi connectivity index (χ4n) is 2.58. The highest BCUT2D eigenvalue weighted by molar-refractivity contribution is 7.07. The summed E-state index contributed by atoms with van der Waals surface area (Å²) in [5.41, 5.74) is 2.89. The smallest absolute Gasteiger partial charge is 0.205 e. The summed E-state index contributed by atoms with van der Waals surface area (Å²) in [5, 5.41) is 6.68. The number of aromatic nitrogens is 1. The molecular weight excluding hydrogens is 362 g/mol. The molecule has 2 aromatic carbocycles. The zero-order valence-electron chi connectivity index (χ0n) is 15.7. The zero-order valence-corrected chi connectivity index (χ0v) is 16.5. The van der Waals surface area contributed by atoms with Gasteiger partial charge in [-0.3, -0.25) is 4.99 Å². The molecule has 0 aliphatic heterocycles. The highest BCUT2D eigenvalue weighted by Gasteiger charge is 2.08. The van der Waals surface area contributed by atoms with Gasteiger partial charge in [0.15, 0.2) is 11.5 Å². The molecule has 0 aliphatic rings. The number of methoxy groups -OCH3 is 3. The summed E-state index contributed by atoms with van der Waals surface area (Å²) in [5.74, 6) is 2.16. The van der Waals surface area contributed by atoms with Crippen LogP contribution in [0.5, 0.6) is 17.2 Å². The highest BCUT2D eigenvalue weighted by Crippen LogP contribution is 2.27. The number of hydrogen-bond donors (Lipinski definition) is 0. The Morgan fingerprint density at radius 2 is 1.67 bits per heavy atom. The third-order valence-electron chi connectivity index (χ3n) is 3.99. The van der Waals surface area contributed by atoms with E-state index in [-0.39, 0.29) is 0 Å². The Balaban J connectivity index is 1.99. The molecule has 6 nitrogen and oxygen atoms in total. The Hall–Kier alpha value is -3.06. The molecule has 0 unspecified atom stereocenters. The van der Waals surface area contributed by atoms with E-state index in [9.17, 15) is 0 Å². The molecule has 0 spiro atoms. The Morgan fingerprint density at radius 3 is 2.30 bits per heavy atom. The van der Waals surface area contributed by atoms with Crippen molar-refractivity contribution in [3.05, 3.63) is 58.2 Å². The molecule has 7 heteroatoms. The first kappa shape index (κ1) is 18.7. The molecule has 0 aliphatic carbocycles. The van der Waals surface area contributed by atoms with E-state index in [1.165, 1.54) is 11.3 Å². The Labute approximate surface area is 162 Å². The molecule has 0 N–H and O–H groups in total. The fraction of sp³-hybridized carbons (Fsp3) is 0.200. The molecule has 3 rings (SSSR count). The Bertz CT molecular complexity index is 1000. The standard InChI is InChI=1S/C20H21N3O3S/c1-21-20-23(17(13-27-20)15-6-8-16(24-2)9-7-15)22-12-14-5-10-18(25-3)19(11-14)26-4/h5-13H,1-4H3. The number of nitrogens with zero attached hydrogens (tertiary/aromatic N) is 3. The third-order valence-corrected chi connectivity index (χ3v) is 4.90. The Kier molecular flexibility index (Phi) is 5.93. The minimum Gasteiger partial charge on any atom is -0.497 e. The van der Waals surface area contributed by atoms with Gasteiger partial charge in [-0.2, -0.15) is 5.10 Å². The molecule has 0 fully saturated rings. The quantitative estimate of drug-likeness (QED) is 0.611. The number of rotatable bonds is 6. The average Bonchev–Trinajstić information content (AvgIpc) is 3.14. The van der Waals surface area contributed by atoms with Crippen LogP contribution in [0.25, 0.3) is 11.3 Å². The maximum absolute atomic E-state index is 5.35. The minimum absolute atomic E-state index is 0.660. The van der Waals surface area contributed by atoms with Crippen LogP contribution in [0.15, 0.2) is 57.9 Å². The van der Waals surface area contributed by atoms with Crippen molar-refractivity contribution < 1.29 is 14.2 Å². The molecule has 0 atom stereocenters. The average molecular weight is 383 g/mol. The summed E-state index contributed by atoms with van der Waals surface area (Å²) in [6.45, 7) is 0. The molecule has 0 saturated carbocycles. The van der Waals surface area contributed by atoms with Crippen LogP contribution in [-0.2, 0) is 0 Å². The van der Waals surface area contributed by atoms with Gasteiger partial charge in [-0.1, -0.05) is 0 Å². The van der Waals surface area contributed by atoms with Crippen LogP contribution in [-0.4, -0.2) is 39.3 Å². The second-order valence-electron chi connectivity index (χ2n) is 5.53. The molecule has 0 amide bonds. The second kappa shape index (κ2) is 8.55. The van der Waals surface area contributed by atoms with Crippen molar-refractivity contribution >= 4 is 17.6 Å². The van der Waals surface area contributed by atoms with Gasteiger partial charge in [0.05, 0.1) is 33.2 Å². The van der Waals surface area contributed by atoms with Crippen molar-refractivity contribution in [3.8, 4) is 28.5 Å². The van der Waals surface area contributed by atoms with Crippen molar-refractivity contribution in [1.29, 1.82) is 0 Å². The number of thiazole rings is 1. The highest BCUT2D eigenvalue weighted by atomic mass is 32.1. The molecule has 140 valence electrons. The summed E-state index contributed by atoms with van der Waals surface area (Å²) < 4.78 is 17.7. The Morgan fingerprint density at radius 1 is 0.926 bits per heavy atom. The van der Waals surface area contributed by atoms with E-state index in [1.54, 1.807) is 34.6 Å². The molecule has 1 aromatic heterocycles. The second-order valence-corrected chi connectivity index (χ2v) is 6.36.